The highest BCUT2D eigenvalue weighted by Crippen LogP contribution is 2.33. The van der Waals surface area contributed by atoms with Gasteiger partial charge in [0.2, 0.25) is 5.95 Å². The third kappa shape index (κ3) is 7.58. The number of anilines is 2. The molecule has 12 nitrogen and oxygen atoms in total. The number of carbonyl (C=O) groups excluding carboxylic acids is 2. The molecule has 2 aliphatic rings. The maximum atomic E-state index is 13.2. The van der Waals surface area contributed by atoms with Crippen LogP contribution in [0.4, 0.5) is 21.2 Å². The van der Waals surface area contributed by atoms with Gasteiger partial charge in [0.25, 0.3) is 0 Å². The molecule has 260 valence electrons. The van der Waals surface area contributed by atoms with Gasteiger partial charge >= 0.3 is 18.2 Å². The van der Waals surface area contributed by atoms with Crippen LogP contribution in [0, 0.1) is 0 Å². The first-order chi connectivity index (χ1) is 23.3. The second-order valence-corrected chi connectivity index (χ2v) is 14.7. The monoisotopic (exact) mass is 669 g/mol. The van der Waals surface area contributed by atoms with E-state index in [0.717, 1.165) is 40.8 Å². The number of ether oxygens (including phenoxy) is 3. The zero-order valence-electron chi connectivity index (χ0n) is 29.5. The Balaban J connectivity index is 1.20. The smallest absolute Gasteiger partial charge is 0.414 e. The lowest BCUT2D eigenvalue weighted by Crippen LogP contribution is -2.56. The van der Waals surface area contributed by atoms with Gasteiger partial charge in [-0.1, -0.05) is 56.3 Å². The Labute approximate surface area is 287 Å². The molecule has 0 spiro atoms. The van der Waals surface area contributed by atoms with Crippen molar-refractivity contribution in [2.45, 2.75) is 104 Å². The number of benzene rings is 2. The zero-order chi connectivity index (χ0) is 34.9. The first kappa shape index (κ1) is 34.0. The van der Waals surface area contributed by atoms with Gasteiger partial charge in [-0.3, -0.25) is 9.80 Å². The van der Waals surface area contributed by atoms with Crippen molar-refractivity contribution in [1.82, 2.24) is 24.5 Å². The maximum absolute atomic E-state index is 13.2. The summed E-state index contributed by atoms with van der Waals surface area (Å²) >= 11 is 0. The van der Waals surface area contributed by atoms with Crippen LogP contribution in [-0.2, 0) is 29.0 Å². The molecule has 6 rings (SSSR count). The zero-order valence-corrected chi connectivity index (χ0v) is 29.5. The van der Waals surface area contributed by atoms with Crippen LogP contribution < -0.4 is 15.0 Å². The molecule has 1 fully saturated rings. The van der Waals surface area contributed by atoms with Crippen molar-refractivity contribution in [2.24, 2.45) is 0 Å². The minimum atomic E-state index is -0.603. The van der Waals surface area contributed by atoms with E-state index in [9.17, 15) is 9.59 Å². The highest BCUT2D eigenvalue weighted by molar-refractivity contribution is 5.90. The van der Waals surface area contributed by atoms with E-state index in [1.807, 2.05) is 83.3 Å². The minimum Gasteiger partial charge on any atom is -0.458 e. The Kier molecular flexibility index (Phi) is 9.41. The summed E-state index contributed by atoms with van der Waals surface area (Å²) in [7, 11) is 0. The van der Waals surface area contributed by atoms with Crippen LogP contribution in [0.15, 0.2) is 54.7 Å². The first-order valence-electron chi connectivity index (χ1n) is 17.0. The summed E-state index contributed by atoms with van der Waals surface area (Å²) < 4.78 is 19.5. The molecule has 2 amide bonds. The topological polar surface area (TPSA) is 123 Å². The van der Waals surface area contributed by atoms with E-state index in [1.54, 1.807) is 14.3 Å². The van der Waals surface area contributed by atoms with E-state index in [0.29, 0.717) is 37.7 Å². The summed E-state index contributed by atoms with van der Waals surface area (Å²) in [4.78, 5) is 39.2. The lowest BCUT2D eigenvalue weighted by atomic mass is 9.89. The summed E-state index contributed by atoms with van der Waals surface area (Å²) in [5.74, 6) is 0.665. The fourth-order valence-corrected chi connectivity index (χ4v) is 6.36. The predicted octanol–water partition coefficient (Wildman–Crippen LogP) is 7.12. The molecule has 4 heterocycles. The summed E-state index contributed by atoms with van der Waals surface area (Å²) in [5, 5.41) is 8.09. The van der Waals surface area contributed by atoms with Gasteiger partial charge < -0.3 is 19.5 Å². The Morgan fingerprint density at radius 1 is 1.04 bits per heavy atom. The average molecular weight is 670 g/mol. The molecule has 0 bridgehead atoms. The Morgan fingerprint density at radius 3 is 2.55 bits per heavy atom. The number of hydrogen-bond acceptors (Lipinski definition) is 9. The number of nitrogens with one attached hydrogen (secondary N) is 1. The van der Waals surface area contributed by atoms with Crippen molar-refractivity contribution < 1.29 is 23.8 Å². The number of carbonyl (C=O) groups is 2. The van der Waals surface area contributed by atoms with Crippen molar-refractivity contribution >= 4 is 29.5 Å². The van der Waals surface area contributed by atoms with Crippen LogP contribution in [0.5, 0.6) is 6.01 Å². The largest absolute Gasteiger partial charge is 0.458 e. The molecule has 49 heavy (non-hydrogen) atoms. The fourth-order valence-electron chi connectivity index (χ4n) is 6.36. The highest BCUT2D eigenvalue weighted by atomic mass is 16.6. The quantitative estimate of drug-likeness (QED) is 0.209. The lowest BCUT2D eigenvalue weighted by Gasteiger charge is -2.45. The molecule has 2 aromatic heterocycles. The second kappa shape index (κ2) is 13.6. The van der Waals surface area contributed by atoms with Crippen LogP contribution >= 0.6 is 0 Å². The van der Waals surface area contributed by atoms with Crippen molar-refractivity contribution in [3.05, 3.63) is 77.0 Å². The normalized spacial score (nSPS) is 17.3. The molecule has 0 aliphatic carbocycles. The number of hydrogen-bond donors (Lipinski definition) is 1. The van der Waals surface area contributed by atoms with Gasteiger partial charge in [-0.05, 0) is 82.6 Å². The molecule has 1 atom stereocenters. The third-order valence-electron chi connectivity index (χ3n) is 9.06. The van der Waals surface area contributed by atoms with Crippen molar-refractivity contribution in [1.29, 1.82) is 0 Å². The SMILES string of the molecule is CC(C)c1cnn2c(NCc3cccc4c3CCN4C(=O)OCc3ccccc3)nc(O[C@@H]3CCC(C)(C)N(C(=O)OC(C)(C)C)C3)nc12. The Morgan fingerprint density at radius 2 is 1.82 bits per heavy atom. The summed E-state index contributed by atoms with van der Waals surface area (Å²) in [5.41, 5.74) is 4.58. The van der Waals surface area contributed by atoms with Crippen LogP contribution in [0.1, 0.15) is 89.5 Å². The average Bonchev–Trinajstić information content (AvgIpc) is 3.68. The van der Waals surface area contributed by atoms with Gasteiger partial charge in [0.1, 0.15) is 18.3 Å². The summed E-state index contributed by atoms with van der Waals surface area (Å²) in [6.07, 6.45) is 2.97. The molecule has 1 saturated heterocycles. The lowest BCUT2D eigenvalue weighted by molar-refractivity contribution is -0.0302. The molecule has 1 N–H and O–H groups in total. The van der Waals surface area contributed by atoms with Crippen molar-refractivity contribution in [3.63, 3.8) is 0 Å². The number of amides is 2. The number of piperidine rings is 1. The van der Waals surface area contributed by atoms with Crippen LogP contribution in [0.25, 0.3) is 5.65 Å². The van der Waals surface area contributed by atoms with E-state index < -0.39 is 5.60 Å². The number of aromatic nitrogens is 4. The Bertz CT molecular complexity index is 1820. The van der Waals surface area contributed by atoms with Crippen molar-refractivity contribution in [3.8, 4) is 6.01 Å². The van der Waals surface area contributed by atoms with E-state index in [4.69, 9.17) is 24.2 Å². The molecule has 0 radical (unpaired) electrons. The minimum absolute atomic E-state index is 0.177. The van der Waals surface area contributed by atoms with Gasteiger partial charge in [0.15, 0.2) is 5.65 Å². The predicted molar refractivity (Wildman–Crippen MR) is 187 cm³/mol. The van der Waals surface area contributed by atoms with Gasteiger partial charge in [0, 0.05) is 24.2 Å². The van der Waals surface area contributed by atoms with Gasteiger partial charge in [0.05, 0.1) is 18.4 Å². The summed E-state index contributed by atoms with van der Waals surface area (Å²) in [6.45, 7) is 15.5. The van der Waals surface area contributed by atoms with Gasteiger partial charge in [-0.15, -0.1) is 0 Å². The molecular formula is C37H47N7O5. The number of rotatable bonds is 8. The number of likely N-dealkylation sites (tertiary alicyclic amines) is 1. The molecule has 0 saturated carbocycles. The van der Waals surface area contributed by atoms with E-state index in [1.165, 1.54) is 0 Å². The van der Waals surface area contributed by atoms with Crippen LogP contribution in [0.3, 0.4) is 0 Å². The van der Waals surface area contributed by atoms with Crippen molar-refractivity contribution in [2.75, 3.05) is 23.3 Å². The molecule has 4 aromatic rings. The first-order valence-corrected chi connectivity index (χ1v) is 17.0. The molecular weight excluding hydrogens is 622 g/mol. The highest BCUT2D eigenvalue weighted by Gasteiger charge is 2.40. The molecule has 0 unspecified atom stereocenters. The van der Waals surface area contributed by atoms with E-state index in [2.05, 4.69) is 30.3 Å². The molecule has 2 aromatic carbocycles. The van der Waals surface area contributed by atoms with Gasteiger partial charge in [-0.2, -0.15) is 19.6 Å². The molecule has 12 heteroatoms. The second-order valence-electron chi connectivity index (χ2n) is 14.7. The molecule has 2 aliphatic heterocycles. The van der Waals surface area contributed by atoms with E-state index >= 15 is 0 Å². The Hall–Kier alpha value is -4.87. The number of fused-ring (bicyclic) bond motifs is 2. The standard InChI is InChI=1S/C37H47N7O5/c1-24(2)29-21-39-44-31(29)40-33(48-27-16-18-37(6,7)43(22-27)35(46)49-36(3,4)5)41-32(44)38-20-26-14-11-15-30-28(26)17-19-42(30)34(45)47-23-25-12-9-8-10-13-25/h8-15,21,24,27H,16-20,22-23H2,1-7H3,(H,38,40,41)/t27-/m1/s1. The maximum Gasteiger partial charge on any atom is 0.414 e. The van der Waals surface area contributed by atoms with Crippen LogP contribution in [-0.4, -0.2) is 67.0 Å². The van der Waals surface area contributed by atoms with E-state index in [-0.39, 0.29) is 42.4 Å². The summed E-state index contributed by atoms with van der Waals surface area (Å²) in [6, 6.07) is 15.9. The fraction of sp³-hybridized carbons (Fsp3) is 0.486. The van der Waals surface area contributed by atoms with Crippen LogP contribution in [0.2, 0.25) is 0 Å². The third-order valence-corrected chi connectivity index (χ3v) is 9.06. The number of nitrogens with zero attached hydrogens (tertiary/aromatic N) is 6. The van der Waals surface area contributed by atoms with Gasteiger partial charge in [-0.25, -0.2) is 9.59 Å².